The average Bonchev–Trinajstić information content (AvgIpc) is 2.62. The molecule has 0 aromatic rings. The van der Waals surface area contributed by atoms with Crippen molar-refractivity contribution in [1.29, 1.82) is 0 Å². The van der Waals surface area contributed by atoms with Crippen molar-refractivity contribution < 1.29 is 14.4 Å². The second-order valence-corrected chi connectivity index (χ2v) is 7.20. The number of amides is 3. The molecule has 0 spiro atoms. The largest absolute Gasteiger partial charge is 0.326 e. The quantitative estimate of drug-likeness (QED) is 0.548. The molecule has 1 saturated carbocycles. The van der Waals surface area contributed by atoms with Crippen molar-refractivity contribution in [2.75, 3.05) is 20.1 Å². The Balaban J connectivity index is 2.12. The van der Waals surface area contributed by atoms with Crippen LogP contribution in [0.2, 0.25) is 0 Å². The third kappa shape index (κ3) is 4.27. The molecular formula is C20H28N2O3. The Morgan fingerprint density at radius 3 is 2.52 bits per heavy atom. The summed E-state index contributed by atoms with van der Waals surface area (Å²) >= 11 is 0. The van der Waals surface area contributed by atoms with E-state index in [-0.39, 0.29) is 30.2 Å². The molecule has 1 aliphatic heterocycles. The highest BCUT2D eigenvalue weighted by molar-refractivity contribution is 6.02. The van der Waals surface area contributed by atoms with Crippen molar-refractivity contribution in [3.63, 3.8) is 0 Å². The molecule has 5 heteroatoms. The summed E-state index contributed by atoms with van der Waals surface area (Å²) in [5.74, 6) is 0.00123. The second-order valence-electron chi connectivity index (χ2n) is 7.20. The number of hydrogen-bond donors (Lipinski definition) is 0. The Labute approximate surface area is 150 Å². The SMILES string of the molecule is C=C/C=C\C=C\C(=O)CN1CC(C)(C2CCCCC2)C(=O)N(C)C1=O. The first-order chi connectivity index (χ1) is 11.9. The Morgan fingerprint density at radius 2 is 1.88 bits per heavy atom. The minimum absolute atomic E-state index is 0.00279. The van der Waals surface area contributed by atoms with Crippen molar-refractivity contribution in [2.45, 2.75) is 39.0 Å². The molecule has 1 saturated heterocycles. The third-order valence-corrected chi connectivity index (χ3v) is 5.36. The molecular weight excluding hydrogens is 316 g/mol. The smallest absolute Gasteiger partial charge is 0.316 e. The van der Waals surface area contributed by atoms with Crippen molar-refractivity contribution >= 4 is 17.7 Å². The zero-order valence-electron chi connectivity index (χ0n) is 15.2. The number of carbonyl (C=O) groups excluding carboxylic acids is 3. The summed E-state index contributed by atoms with van der Waals surface area (Å²) in [5, 5.41) is 0. The standard InChI is InChI=1S/C20H28N2O3/c1-4-5-6-10-13-17(23)14-22-15-20(2,16-11-8-7-9-12-16)18(24)21(3)19(22)25/h4-6,10,13,16H,1,7-9,11-12,14-15H2,2-3H3/b6-5-,13-10+. The van der Waals surface area contributed by atoms with Gasteiger partial charge < -0.3 is 4.90 Å². The lowest BCUT2D eigenvalue weighted by Crippen LogP contribution is -2.62. The first kappa shape index (κ1) is 19.2. The van der Waals surface area contributed by atoms with Crippen molar-refractivity contribution in [2.24, 2.45) is 11.3 Å². The van der Waals surface area contributed by atoms with E-state index in [1.54, 1.807) is 24.3 Å². The molecule has 0 aromatic heterocycles. The van der Waals surface area contributed by atoms with Crippen molar-refractivity contribution in [3.05, 3.63) is 37.0 Å². The number of urea groups is 1. The summed E-state index contributed by atoms with van der Waals surface area (Å²) in [6, 6.07) is -0.387. The van der Waals surface area contributed by atoms with Crippen LogP contribution in [-0.2, 0) is 9.59 Å². The highest BCUT2D eigenvalue weighted by atomic mass is 16.2. The van der Waals surface area contributed by atoms with Gasteiger partial charge in [-0.3, -0.25) is 14.5 Å². The fraction of sp³-hybridized carbons (Fsp3) is 0.550. The summed E-state index contributed by atoms with van der Waals surface area (Å²) in [6.07, 6.45) is 13.6. The minimum atomic E-state index is -0.601. The first-order valence-corrected chi connectivity index (χ1v) is 8.96. The van der Waals surface area contributed by atoms with Gasteiger partial charge in [0.25, 0.3) is 0 Å². The van der Waals surface area contributed by atoms with Gasteiger partial charge in [-0.2, -0.15) is 0 Å². The molecule has 2 aliphatic rings. The summed E-state index contributed by atoms with van der Waals surface area (Å²) in [4.78, 5) is 40.1. The number of imide groups is 1. The Kier molecular flexibility index (Phi) is 6.34. The number of hydrogen-bond acceptors (Lipinski definition) is 3. The van der Waals surface area contributed by atoms with Gasteiger partial charge in [-0.25, -0.2) is 4.79 Å². The molecule has 1 heterocycles. The molecule has 25 heavy (non-hydrogen) atoms. The first-order valence-electron chi connectivity index (χ1n) is 8.96. The van der Waals surface area contributed by atoms with Gasteiger partial charge in [0.2, 0.25) is 5.91 Å². The van der Waals surface area contributed by atoms with Gasteiger partial charge in [0.15, 0.2) is 5.78 Å². The summed E-state index contributed by atoms with van der Waals surface area (Å²) in [7, 11) is 1.52. The molecule has 136 valence electrons. The van der Waals surface area contributed by atoms with Crippen LogP contribution in [0.1, 0.15) is 39.0 Å². The maximum Gasteiger partial charge on any atom is 0.326 e. The van der Waals surface area contributed by atoms with Crippen LogP contribution in [0.15, 0.2) is 37.0 Å². The number of nitrogens with zero attached hydrogens (tertiary/aromatic N) is 2. The van der Waals surface area contributed by atoms with Crippen LogP contribution in [0.3, 0.4) is 0 Å². The number of ketones is 1. The molecule has 2 fully saturated rings. The van der Waals surface area contributed by atoms with E-state index in [4.69, 9.17) is 0 Å². The van der Waals surface area contributed by atoms with Gasteiger partial charge in [0, 0.05) is 13.6 Å². The van der Waals surface area contributed by atoms with Gasteiger partial charge in [-0.05, 0) is 31.8 Å². The van der Waals surface area contributed by atoms with E-state index in [1.165, 1.54) is 29.3 Å². The van der Waals surface area contributed by atoms with E-state index in [9.17, 15) is 14.4 Å². The summed E-state index contributed by atoms with van der Waals surface area (Å²) in [5.41, 5.74) is -0.601. The third-order valence-electron chi connectivity index (χ3n) is 5.36. The van der Waals surface area contributed by atoms with Crippen molar-refractivity contribution in [3.8, 4) is 0 Å². The molecule has 3 amide bonds. The lowest BCUT2D eigenvalue weighted by Gasteiger charge is -2.47. The van der Waals surface area contributed by atoms with Crippen molar-refractivity contribution in [1.82, 2.24) is 9.80 Å². The fourth-order valence-corrected chi connectivity index (χ4v) is 3.93. The van der Waals surface area contributed by atoms with Crippen LogP contribution in [0.5, 0.6) is 0 Å². The molecule has 0 aromatic carbocycles. The van der Waals surface area contributed by atoms with Gasteiger partial charge in [-0.1, -0.05) is 50.1 Å². The maximum atomic E-state index is 12.8. The summed E-state index contributed by atoms with van der Waals surface area (Å²) < 4.78 is 0. The highest BCUT2D eigenvalue weighted by Crippen LogP contribution is 2.42. The van der Waals surface area contributed by atoms with Crippen LogP contribution in [-0.4, -0.2) is 47.7 Å². The molecule has 0 N–H and O–H groups in total. The lowest BCUT2D eigenvalue weighted by molar-refractivity contribution is -0.147. The van der Waals surface area contributed by atoms with E-state index in [0.29, 0.717) is 6.54 Å². The zero-order valence-corrected chi connectivity index (χ0v) is 15.2. The number of carbonyl (C=O) groups is 3. The molecule has 1 atom stereocenters. The van der Waals surface area contributed by atoms with Gasteiger partial charge in [-0.15, -0.1) is 0 Å². The van der Waals surface area contributed by atoms with E-state index < -0.39 is 5.41 Å². The normalized spacial score (nSPS) is 26.0. The predicted octanol–water partition coefficient (Wildman–Crippen LogP) is 3.33. The Hall–Kier alpha value is -2.17. The summed E-state index contributed by atoms with van der Waals surface area (Å²) in [6.45, 7) is 5.83. The van der Waals surface area contributed by atoms with Gasteiger partial charge >= 0.3 is 6.03 Å². The van der Waals surface area contributed by atoms with Crippen LogP contribution >= 0.6 is 0 Å². The van der Waals surface area contributed by atoms with Crippen LogP contribution in [0, 0.1) is 11.3 Å². The maximum absolute atomic E-state index is 12.8. The fourth-order valence-electron chi connectivity index (χ4n) is 3.93. The molecule has 5 nitrogen and oxygen atoms in total. The van der Waals surface area contributed by atoms with Gasteiger partial charge in [0.05, 0.1) is 12.0 Å². The monoisotopic (exact) mass is 344 g/mol. The number of rotatable bonds is 6. The van der Waals surface area contributed by atoms with Crippen LogP contribution in [0.4, 0.5) is 4.79 Å². The molecule has 2 rings (SSSR count). The molecule has 1 aliphatic carbocycles. The topological polar surface area (TPSA) is 57.7 Å². The highest BCUT2D eigenvalue weighted by Gasteiger charge is 2.50. The average molecular weight is 344 g/mol. The Bertz CT molecular complexity index is 602. The molecule has 0 bridgehead atoms. The van der Waals surface area contributed by atoms with Crippen LogP contribution in [0.25, 0.3) is 0 Å². The van der Waals surface area contributed by atoms with Crippen LogP contribution < -0.4 is 0 Å². The Morgan fingerprint density at radius 1 is 1.20 bits per heavy atom. The lowest BCUT2D eigenvalue weighted by atomic mass is 9.68. The second kappa shape index (κ2) is 8.28. The predicted molar refractivity (Wildman–Crippen MR) is 97.9 cm³/mol. The van der Waals surface area contributed by atoms with E-state index in [0.717, 1.165) is 25.7 Å². The van der Waals surface area contributed by atoms with E-state index in [2.05, 4.69) is 6.58 Å². The van der Waals surface area contributed by atoms with Gasteiger partial charge in [0.1, 0.15) is 0 Å². The van der Waals surface area contributed by atoms with E-state index >= 15 is 0 Å². The molecule has 1 unspecified atom stereocenters. The minimum Gasteiger partial charge on any atom is -0.316 e. The van der Waals surface area contributed by atoms with E-state index in [1.807, 2.05) is 6.92 Å². The zero-order chi connectivity index (χ0) is 18.4. The number of allylic oxidation sites excluding steroid dienone is 4. The molecule has 0 radical (unpaired) electrons.